The van der Waals surface area contributed by atoms with E-state index < -0.39 is 5.60 Å². The van der Waals surface area contributed by atoms with Crippen LogP contribution in [0.15, 0.2) is 42.5 Å². The van der Waals surface area contributed by atoms with Crippen LogP contribution in [-0.4, -0.2) is 78.7 Å². The third-order valence-corrected chi connectivity index (χ3v) is 7.77. The first-order valence-electron chi connectivity index (χ1n) is 13.8. The van der Waals surface area contributed by atoms with Gasteiger partial charge in [0.15, 0.2) is 0 Å². The van der Waals surface area contributed by atoms with E-state index >= 15 is 0 Å². The number of nitrogens with zero attached hydrogens (tertiary/aromatic N) is 3. The zero-order valence-corrected chi connectivity index (χ0v) is 23.2. The zero-order valence-electron chi connectivity index (χ0n) is 23.2. The molecule has 0 aliphatic carbocycles. The maximum atomic E-state index is 13.4. The van der Waals surface area contributed by atoms with E-state index in [4.69, 9.17) is 9.47 Å². The third kappa shape index (κ3) is 5.32. The molecule has 38 heavy (non-hydrogen) atoms. The molecule has 3 atom stereocenters. The maximum absolute atomic E-state index is 13.4. The van der Waals surface area contributed by atoms with Gasteiger partial charge in [0, 0.05) is 49.9 Å². The van der Waals surface area contributed by atoms with Crippen LogP contribution in [0.4, 0.5) is 10.5 Å². The average molecular weight is 521 g/mol. The Hall–Kier alpha value is -3.26. The first-order chi connectivity index (χ1) is 18.1. The Balaban J connectivity index is 1.49. The van der Waals surface area contributed by atoms with Gasteiger partial charge < -0.3 is 29.5 Å². The predicted octanol–water partition coefficient (Wildman–Crippen LogP) is 4.94. The zero-order chi connectivity index (χ0) is 27.0. The summed E-state index contributed by atoms with van der Waals surface area (Å²) in [7, 11) is 2.08. The normalized spacial score (nSPS) is 23.3. The Bertz CT molecular complexity index is 1170. The van der Waals surface area contributed by atoms with Gasteiger partial charge in [0.1, 0.15) is 11.4 Å². The lowest BCUT2D eigenvalue weighted by Crippen LogP contribution is -2.47. The van der Waals surface area contributed by atoms with Crippen LogP contribution in [0.5, 0.6) is 5.75 Å². The molecule has 0 saturated carbocycles. The molecule has 2 amide bonds. The van der Waals surface area contributed by atoms with E-state index in [1.54, 1.807) is 0 Å². The first kappa shape index (κ1) is 26.4. The summed E-state index contributed by atoms with van der Waals surface area (Å²) in [5, 5.41) is 3.74. The van der Waals surface area contributed by atoms with Gasteiger partial charge in [-0.1, -0.05) is 12.1 Å². The van der Waals surface area contributed by atoms with Crippen molar-refractivity contribution >= 4 is 17.7 Å². The Morgan fingerprint density at radius 2 is 1.71 bits per heavy atom. The molecule has 0 bridgehead atoms. The van der Waals surface area contributed by atoms with Crippen molar-refractivity contribution in [1.82, 2.24) is 14.7 Å². The van der Waals surface area contributed by atoms with E-state index in [-0.39, 0.29) is 30.0 Å². The molecule has 8 nitrogen and oxygen atoms in total. The molecule has 1 N–H and O–H groups in total. The Kier molecular flexibility index (Phi) is 7.27. The summed E-state index contributed by atoms with van der Waals surface area (Å²) in [6.07, 6.45) is 0.532. The number of likely N-dealkylation sites (tertiary alicyclic amines) is 1. The molecule has 0 radical (unpaired) electrons. The Morgan fingerprint density at radius 1 is 1.00 bits per heavy atom. The number of fused-ring (bicyclic) bond motifs is 3. The van der Waals surface area contributed by atoms with Crippen molar-refractivity contribution in [3.63, 3.8) is 0 Å². The van der Waals surface area contributed by atoms with Gasteiger partial charge >= 0.3 is 6.09 Å². The van der Waals surface area contributed by atoms with Crippen LogP contribution in [0.3, 0.4) is 0 Å². The monoisotopic (exact) mass is 520 g/mol. The van der Waals surface area contributed by atoms with Gasteiger partial charge in [-0.05, 0) is 82.6 Å². The summed E-state index contributed by atoms with van der Waals surface area (Å²) in [4.78, 5) is 32.8. The van der Waals surface area contributed by atoms with Crippen LogP contribution in [0, 0.1) is 5.92 Å². The lowest BCUT2D eigenvalue weighted by Gasteiger charge is -2.40. The third-order valence-electron chi connectivity index (χ3n) is 7.77. The topological polar surface area (TPSA) is 74.4 Å². The molecule has 8 heteroatoms. The predicted molar refractivity (Wildman–Crippen MR) is 148 cm³/mol. The van der Waals surface area contributed by atoms with Crippen LogP contribution in [0.25, 0.3) is 0 Å². The number of amides is 2. The summed E-state index contributed by atoms with van der Waals surface area (Å²) < 4.78 is 11.5. The summed E-state index contributed by atoms with van der Waals surface area (Å²) in [5.74, 6) is 1.03. The molecule has 3 aliphatic rings. The Morgan fingerprint density at radius 3 is 2.37 bits per heavy atom. The number of carbonyl (C=O) groups excluding carboxylic acids is 2. The summed E-state index contributed by atoms with van der Waals surface area (Å²) in [5.41, 5.74) is 3.18. The van der Waals surface area contributed by atoms with Gasteiger partial charge in [0.25, 0.3) is 5.91 Å². The number of rotatable bonds is 4. The van der Waals surface area contributed by atoms with Gasteiger partial charge in [-0.3, -0.25) is 4.79 Å². The molecule has 0 spiro atoms. The molecular weight excluding hydrogens is 480 g/mol. The van der Waals surface area contributed by atoms with Gasteiger partial charge in [0.2, 0.25) is 0 Å². The second kappa shape index (κ2) is 10.5. The molecule has 3 heterocycles. The minimum absolute atomic E-state index is 0.0230. The molecule has 2 aromatic rings. The van der Waals surface area contributed by atoms with Crippen LogP contribution in [-0.2, 0) is 4.74 Å². The highest BCUT2D eigenvalue weighted by molar-refractivity contribution is 5.95. The number of benzene rings is 2. The molecular formula is C30H40N4O4. The summed E-state index contributed by atoms with van der Waals surface area (Å²) in [6.45, 7) is 12.1. The number of piperazine rings is 1. The van der Waals surface area contributed by atoms with Gasteiger partial charge in [-0.2, -0.15) is 0 Å². The fraction of sp³-hybridized carbons (Fsp3) is 0.533. The maximum Gasteiger partial charge on any atom is 0.410 e. The van der Waals surface area contributed by atoms with Crippen molar-refractivity contribution in [2.45, 2.75) is 51.8 Å². The van der Waals surface area contributed by atoms with Crippen molar-refractivity contribution < 1.29 is 19.1 Å². The fourth-order valence-corrected chi connectivity index (χ4v) is 5.90. The fourth-order valence-electron chi connectivity index (χ4n) is 5.90. The van der Waals surface area contributed by atoms with E-state index in [0.29, 0.717) is 18.7 Å². The quantitative estimate of drug-likeness (QED) is 0.616. The van der Waals surface area contributed by atoms with Crippen LogP contribution in [0.1, 0.15) is 67.7 Å². The minimum Gasteiger partial charge on any atom is -0.494 e. The van der Waals surface area contributed by atoms with Gasteiger partial charge in [-0.15, -0.1) is 0 Å². The van der Waals surface area contributed by atoms with Crippen molar-refractivity contribution in [3.8, 4) is 5.75 Å². The average Bonchev–Trinajstić information content (AvgIpc) is 3.34. The number of hydrogen-bond donors (Lipinski definition) is 1. The number of anilines is 1. The number of likely N-dealkylation sites (N-methyl/N-ethyl adjacent to an activating group) is 1. The first-order valence-corrected chi connectivity index (χ1v) is 13.8. The van der Waals surface area contributed by atoms with E-state index in [1.807, 2.05) is 67.8 Å². The van der Waals surface area contributed by atoms with E-state index in [9.17, 15) is 9.59 Å². The van der Waals surface area contributed by atoms with Gasteiger partial charge in [-0.25, -0.2) is 4.79 Å². The molecule has 3 aliphatic heterocycles. The number of ether oxygens (including phenoxy) is 2. The lowest BCUT2D eigenvalue weighted by atomic mass is 9.79. The summed E-state index contributed by atoms with van der Waals surface area (Å²) in [6, 6.07) is 14.0. The van der Waals surface area contributed by atoms with Crippen LogP contribution in [0.2, 0.25) is 0 Å². The van der Waals surface area contributed by atoms with Crippen molar-refractivity contribution in [2.75, 3.05) is 51.7 Å². The smallest absolute Gasteiger partial charge is 0.410 e. The standard InChI is InChI=1S/C30H40N4O4/c1-6-37-22-10-7-20(8-11-22)26-23-13-14-34(29(36)38-30(2,3)4)27(23)24-19-21(9-12-25(24)31-26)28(35)33-17-15-32(5)16-18-33/h7-12,19,23,26-27,31H,6,13-18H2,1-5H3/t23-,26?,27-/m0/s1. The molecule has 2 fully saturated rings. The molecule has 5 rings (SSSR count). The van der Waals surface area contributed by atoms with Crippen molar-refractivity contribution in [3.05, 3.63) is 59.2 Å². The number of hydrogen-bond acceptors (Lipinski definition) is 6. The molecule has 2 saturated heterocycles. The van der Waals surface area contributed by atoms with Crippen LogP contribution < -0.4 is 10.1 Å². The highest BCUT2D eigenvalue weighted by Crippen LogP contribution is 2.52. The Labute approximate surface area is 225 Å². The minimum atomic E-state index is -0.585. The number of nitrogens with one attached hydrogen (secondary N) is 1. The second-order valence-corrected chi connectivity index (χ2v) is 11.6. The van der Waals surface area contributed by atoms with Crippen LogP contribution >= 0.6 is 0 Å². The van der Waals surface area contributed by atoms with E-state index in [2.05, 4.69) is 29.4 Å². The number of carbonyl (C=O) groups is 2. The lowest BCUT2D eigenvalue weighted by molar-refractivity contribution is 0.0198. The molecule has 1 unspecified atom stereocenters. The van der Waals surface area contributed by atoms with Crippen molar-refractivity contribution in [1.29, 1.82) is 0 Å². The second-order valence-electron chi connectivity index (χ2n) is 11.6. The van der Waals surface area contributed by atoms with E-state index in [0.717, 1.165) is 55.2 Å². The highest BCUT2D eigenvalue weighted by Gasteiger charge is 2.47. The molecule has 204 valence electrons. The molecule has 0 aromatic heterocycles. The largest absolute Gasteiger partial charge is 0.494 e. The van der Waals surface area contributed by atoms with E-state index in [1.165, 1.54) is 0 Å². The molecule has 2 aromatic carbocycles. The SMILES string of the molecule is CCOc1ccc(C2Nc3ccc(C(=O)N4CCN(C)CC4)cc3[C@@H]3[C@H]2CCN3C(=O)OC(C)(C)C)cc1. The summed E-state index contributed by atoms with van der Waals surface area (Å²) >= 11 is 0. The van der Waals surface area contributed by atoms with Crippen molar-refractivity contribution in [2.24, 2.45) is 5.92 Å². The van der Waals surface area contributed by atoms with Gasteiger partial charge in [0.05, 0.1) is 18.7 Å². The highest BCUT2D eigenvalue weighted by atomic mass is 16.6.